The Bertz CT molecular complexity index is 327. The summed E-state index contributed by atoms with van der Waals surface area (Å²) in [6.07, 6.45) is 8.27. The fraction of sp³-hybridized carbons (Fsp3) is 0.714. The molecular weight excluding hydrogens is 228 g/mol. The van der Waals surface area contributed by atoms with Gasteiger partial charge in [-0.1, -0.05) is 19.8 Å². The van der Waals surface area contributed by atoms with Gasteiger partial charge in [-0.15, -0.1) is 11.3 Å². The fourth-order valence-corrected chi connectivity index (χ4v) is 3.54. The Morgan fingerprint density at radius 1 is 1.35 bits per heavy atom. The highest BCUT2D eigenvalue weighted by atomic mass is 32.1. The molecule has 1 aromatic heterocycles. The van der Waals surface area contributed by atoms with Crippen LogP contribution in [0.5, 0.6) is 0 Å². The number of nitrogen functional groups attached to an aromatic ring is 1. The van der Waals surface area contributed by atoms with Crippen molar-refractivity contribution in [1.82, 2.24) is 5.32 Å². The van der Waals surface area contributed by atoms with E-state index in [9.17, 15) is 0 Å². The minimum atomic E-state index is 0.713. The summed E-state index contributed by atoms with van der Waals surface area (Å²) in [6.45, 7) is 3.25. The Hall–Kier alpha value is -0.540. The lowest BCUT2D eigenvalue weighted by Crippen LogP contribution is -2.32. The highest BCUT2D eigenvalue weighted by Gasteiger charge is 2.20. The van der Waals surface area contributed by atoms with Gasteiger partial charge in [0.1, 0.15) is 0 Å². The van der Waals surface area contributed by atoms with Crippen LogP contribution in [0.1, 0.15) is 50.3 Å². The molecular formula is C14H24N2S. The van der Waals surface area contributed by atoms with Gasteiger partial charge in [0.25, 0.3) is 0 Å². The Morgan fingerprint density at radius 3 is 2.71 bits per heavy atom. The van der Waals surface area contributed by atoms with Crippen LogP contribution < -0.4 is 11.1 Å². The molecule has 2 nitrogen and oxygen atoms in total. The molecule has 0 spiro atoms. The van der Waals surface area contributed by atoms with Crippen LogP contribution in [0.2, 0.25) is 0 Å². The molecule has 3 N–H and O–H groups in total. The monoisotopic (exact) mass is 252 g/mol. The molecule has 2 rings (SSSR count). The van der Waals surface area contributed by atoms with E-state index in [1.54, 1.807) is 11.3 Å². The smallest absolute Gasteiger partial charge is 0.0468 e. The van der Waals surface area contributed by atoms with Crippen LogP contribution in [0.3, 0.4) is 0 Å². The van der Waals surface area contributed by atoms with Gasteiger partial charge in [-0.2, -0.15) is 0 Å². The second-order valence-corrected chi connectivity index (χ2v) is 6.19. The zero-order valence-electron chi connectivity index (χ0n) is 10.7. The largest absolute Gasteiger partial charge is 0.398 e. The van der Waals surface area contributed by atoms with Crippen LogP contribution in [0.25, 0.3) is 0 Å². The number of anilines is 1. The fourth-order valence-electron chi connectivity index (χ4n) is 2.79. The molecule has 96 valence electrons. The van der Waals surface area contributed by atoms with Gasteiger partial charge in [-0.25, -0.2) is 0 Å². The van der Waals surface area contributed by atoms with Crippen molar-refractivity contribution < 1.29 is 0 Å². The number of hydrogen-bond donors (Lipinski definition) is 2. The summed E-state index contributed by atoms with van der Waals surface area (Å²) >= 11 is 1.76. The highest BCUT2D eigenvalue weighted by Crippen LogP contribution is 2.28. The van der Waals surface area contributed by atoms with Crippen LogP contribution in [0.4, 0.5) is 5.69 Å². The second kappa shape index (κ2) is 6.41. The number of thiophene rings is 1. The van der Waals surface area contributed by atoms with Crippen molar-refractivity contribution in [1.29, 1.82) is 0 Å². The van der Waals surface area contributed by atoms with E-state index >= 15 is 0 Å². The number of nitrogens with one attached hydrogen (secondary N) is 1. The maximum absolute atomic E-state index is 5.89. The summed E-state index contributed by atoms with van der Waals surface area (Å²) < 4.78 is 0. The van der Waals surface area contributed by atoms with Gasteiger partial charge in [-0.05, 0) is 43.0 Å². The normalized spacial score (nSPS) is 25.0. The molecule has 0 unspecified atom stereocenters. The summed E-state index contributed by atoms with van der Waals surface area (Å²) in [7, 11) is 0. The second-order valence-electron chi connectivity index (χ2n) is 5.19. The molecule has 0 saturated heterocycles. The lowest BCUT2D eigenvalue weighted by Gasteiger charge is -2.29. The van der Waals surface area contributed by atoms with Crippen LogP contribution >= 0.6 is 11.3 Å². The molecule has 0 aliphatic heterocycles. The third-order valence-electron chi connectivity index (χ3n) is 3.87. The summed E-state index contributed by atoms with van der Waals surface area (Å²) in [5.41, 5.74) is 6.83. The van der Waals surface area contributed by atoms with Gasteiger partial charge in [0.05, 0.1) is 0 Å². The Kier molecular flexibility index (Phi) is 4.86. The quantitative estimate of drug-likeness (QED) is 0.837. The standard InChI is InChI=1S/C14H24N2S/c1-2-3-11-4-6-12(7-5-11)16-10-14-13(15)8-9-17-14/h8-9,11-12,16H,2-7,10,15H2,1H3. The first-order valence-electron chi connectivity index (χ1n) is 6.84. The van der Waals surface area contributed by atoms with Crippen molar-refractivity contribution in [3.63, 3.8) is 0 Å². The van der Waals surface area contributed by atoms with E-state index in [-0.39, 0.29) is 0 Å². The molecule has 1 heterocycles. The maximum Gasteiger partial charge on any atom is 0.0468 e. The van der Waals surface area contributed by atoms with E-state index < -0.39 is 0 Å². The van der Waals surface area contributed by atoms with Crippen LogP contribution in [0, 0.1) is 5.92 Å². The summed E-state index contributed by atoms with van der Waals surface area (Å²) in [6, 6.07) is 2.71. The SMILES string of the molecule is CCCC1CCC(NCc2sccc2N)CC1. The van der Waals surface area contributed by atoms with Gasteiger partial charge in [0.2, 0.25) is 0 Å². The van der Waals surface area contributed by atoms with E-state index in [0.29, 0.717) is 6.04 Å². The van der Waals surface area contributed by atoms with Crippen molar-refractivity contribution in [3.8, 4) is 0 Å². The van der Waals surface area contributed by atoms with Crippen molar-refractivity contribution in [3.05, 3.63) is 16.3 Å². The van der Waals surface area contributed by atoms with Crippen molar-refractivity contribution in [2.24, 2.45) is 5.92 Å². The lowest BCUT2D eigenvalue weighted by atomic mass is 9.83. The molecule has 3 heteroatoms. The molecule has 0 aromatic carbocycles. The number of hydrogen-bond acceptors (Lipinski definition) is 3. The van der Waals surface area contributed by atoms with Gasteiger partial charge in [0.15, 0.2) is 0 Å². The lowest BCUT2D eigenvalue weighted by molar-refractivity contribution is 0.278. The van der Waals surface area contributed by atoms with Gasteiger partial charge >= 0.3 is 0 Å². The van der Waals surface area contributed by atoms with Crippen LogP contribution in [0.15, 0.2) is 11.4 Å². The third kappa shape index (κ3) is 3.71. The molecule has 1 aromatic rings. The summed E-state index contributed by atoms with van der Waals surface area (Å²) in [5.74, 6) is 0.991. The van der Waals surface area contributed by atoms with Gasteiger partial charge in [0, 0.05) is 23.2 Å². The van der Waals surface area contributed by atoms with Crippen LogP contribution in [-0.2, 0) is 6.54 Å². The zero-order chi connectivity index (χ0) is 12.1. The van der Waals surface area contributed by atoms with E-state index in [2.05, 4.69) is 17.6 Å². The molecule has 1 saturated carbocycles. The molecule has 0 radical (unpaired) electrons. The molecule has 1 fully saturated rings. The minimum Gasteiger partial charge on any atom is -0.398 e. The minimum absolute atomic E-state index is 0.713. The molecule has 0 atom stereocenters. The molecule has 0 bridgehead atoms. The van der Waals surface area contributed by atoms with E-state index in [1.807, 2.05) is 6.07 Å². The van der Waals surface area contributed by atoms with Crippen molar-refractivity contribution in [2.75, 3.05) is 5.73 Å². The predicted octanol–water partition coefficient (Wildman–Crippen LogP) is 3.78. The van der Waals surface area contributed by atoms with Crippen molar-refractivity contribution in [2.45, 2.75) is 58.0 Å². The van der Waals surface area contributed by atoms with Crippen molar-refractivity contribution >= 4 is 17.0 Å². The third-order valence-corrected chi connectivity index (χ3v) is 4.81. The summed E-state index contributed by atoms with van der Waals surface area (Å²) in [5, 5.41) is 5.73. The molecule has 0 amide bonds. The molecule has 1 aliphatic rings. The first-order chi connectivity index (χ1) is 8.29. The maximum atomic E-state index is 5.89. The van der Waals surface area contributed by atoms with E-state index in [1.165, 1.54) is 43.4 Å². The van der Waals surface area contributed by atoms with Gasteiger partial charge < -0.3 is 11.1 Å². The Morgan fingerprint density at radius 2 is 2.12 bits per heavy atom. The zero-order valence-corrected chi connectivity index (χ0v) is 11.6. The highest BCUT2D eigenvalue weighted by molar-refractivity contribution is 7.10. The van der Waals surface area contributed by atoms with Gasteiger partial charge in [-0.3, -0.25) is 0 Å². The average Bonchev–Trinajstić information content (AvgIpc) is 2.75. The first kappa shape index (κ1) is 12.9. The predicted molar refractivity (Wildman–Crippen MR) is 76.2 cm³/mol. The average molecular weight is 252 g/mol. The summed E-state index contributed by atoms with van der Waals surface area (Å²) in [4.78, 5) is 1.29. The number of nitrogens with two attached hydrogens (primary N) is 1. The topological polar surface area (TPSA) is 38.0 Å². The Labute approximate surface area is 109 Å². The Balaban J connectivity index is 1.70. The first-order valence-corrected chi connectivity index (χ1v) is 7.72. The van der Waals surface area contributed by atoms with E-state index in [4.69, 9.17) is 5.73 Å². The van der Waals surface area contributed by atoms with E-state index in [0.717, 1.165) is 18.2 Å². The number of rotatable bonds is 5. The molecule has 17 heavy (non-hydrogen) atoms. The molecule has 1 aliphatic carbocycles. The van der Waals surface area contributed by atoms with Crippen LogP contribution in [-0.4, -0.2) is 6.04 Å².